The summed E-state index contributed by atoms with van der Waals surface area (Å²) in [7, 11) is 0. The lowest BCUT2D eigenvalue weighted by atomic mass is 10.2. The van der Waals surface area contributed by atoms with Gasteiger partial charge in [-0.25, -0.2) is 14.4 Å². The van der Waals surface area contributed by atoms with Crippen LogP contribution in [0.1, 0.15) is 0 Å². The summed E-state index contributed by atoms with van der Waals surface area (Å²) in [5.74, 6) is -0.404. The molecule has 0 aliphatic heterocycles. The number of nitrogens with zero attached hydrogens (tertiary/aromatic N) is 4. The average molecular weight is 376 g/mol. The summed E-state index contributed by atoms with van der Waals surface area (Å²) in [6.07, 6.45) is 2.85. The van der Waals surface area contributed by atoms with Crippen molar-refractivity contribution in [1.29, 1.82) is 0 Å². The summed E-state index contributed by atoms with van der Waals surface area (Å²) in [6.45, 7) is 0. The van der Waals surface area contributed by atoms with Crippen molar-refractivity contribution in [3.63, 3.8) is 0 Å². The van der Waals surface area contributed by atoms with Gasteiger partial charge in [-0.3, -0.25) is 15.1 Å². The van der Waals surface area contributed by atoms with E-state index in [9.17, 15) is 14.5 Å². The van der Waals surface area contributed by atoms with E-state index in [0.717, 1.165) is 5.39 Å². The minimum atomic E-state index is -0.577. The van der Waals surface area contributed by atoms with Gasteiger partial charge < -0.3 is 10.6 Å². The Kier molecular flexibility index (Phi) is 4.47. The van der Waals surface area contributed by atoms with Crippen molar-refractivity contribution in [2.75, 3.05) is 10.6 Å². The third-order valence-corrected chi connectivity index (χ3v) is 4.00. The van der Waals surface area contributed by atoms with Gasteiger partial charge in [0.25, 0.3) is 0 Å². The van der Waals surface area contributed by atoms with Gasteiger partial charge in [0, 0.05) is 17.3 Å². The maximum absolute atomic E-state index is 13.1. The van der Waals surface area contributed by atoms with Crippen LogP contribution in [-0.2, 0) is 0 Å². The third kappa shape index (κ3) is 3.40. The number of hydrogen-bond acceptors (Lipinski definition) is 7. The zero-order chi connectivity index (χ0) is 19.5. The van der Waals surface area contributed by atoms with Crippen LogP contribution in [0.25, 0.3) is 10.9 Å². The van der Waals surface area contributed by atoms with E-state index in [1.807, 2.05) is 24.3 Å². The van der Waals surface area contributed by atoms with Crippen LogP contribution in [0.5, 0.6) is 0 Å². The van der Waals surface area contributed by atoms with E-state index in [2.05, 4.69) is 25.6 Å². The van der Waals surface area contributed by atoms with E-state index in [1.54, 1.807) is 12.3 Å². The average Bonchev–Trinajstić information content (AvgIpc) is 2.70. The van der Waals surface area contributed by atoms with Gasteiger partial charge >= 0.3 is 5.69 Å². The predicted molar refractivity (Wildman–Crippen MR) is 103 cm³/mol. The van der Waals surface area contributed by atoms with E-state index in [0.29, 0.717) is 16.9 Å². The molecule has 2 heterocycles. The molecule has 0 aliphatic rings. The van der Waals surface area contributed by atoms with Crippen LogP contribution in [0.3, 0.4) is 0 Å². The van der Waals surface area contributed by atoms with E-state index in [-0.39, 0.29) is 17.3 Å². The fourth-order valence-corrected chi connectivity index (χ4v) is 2.74. The molecular weight excluding hydrogens is 363 g/mol. The Morgan fingerprint density at radius 2 is 1.61 bits per heavy atom. The standard InChI is InChI=1S/C19H13FN6O2/c20-13-6-8-14(9-7-13)24-18-17(26(27)28)19(23-11-22-18)25-15-5-1-3-12-4-2-10-21-16(12)15/h1-11H,(H2,22,23,24,25). The number of para-hydroxylation sites is 1. The summed E-state index contributed by atoms with van der Waals surface area (Å²) >= 11 is 0. The molecule has 9 heteroatoms. The van der Waals surface area contributed by atoms with Crippen molar-refractivity contribution in [2.24, 2.45) is 0 Å². The van der Waals surface area contributed by atoms with E-state index >= 15 is 0 Å². The molecule has 138 valence electrons. The van der Waals surface area contributed by atoms with Crippen molar-refractivity contribution in [2.45, 2.75) is 0 Å². The molecule has 2 aromatic heterocycles. The Hall–Kier alpha value is -4.14. The number of hydrogen-bond donors (Lipinski definition) is 2. The van der Waals surface area contributed by atoms with E-state index in [4.69, 9.17) is 0 Å². The third-order valence-electron chi connectivity index (χ3n) is 4.00. The molecule has 2 N–H and O–H groups in total. The van der Waals surface area contributed by atoms with E-state index in [1.165, 1.54) is 30.6 Å². The number of aromatic nitrogens is 3. The summed E-state index contributed by atoms with van der Waals surface area (Å²) in [6, 6.07) is 14.6. The van der Waals surface area contributed by atoms with E-state index < -0.39 is 10.7 Å². The highest BCUT2D eigenvalue weighted by Gasteiger charge is 2.24. The molecule has 0 saturated carbocycles. The SMILES string of the molecule is O=[N+]([O-])c1c(Nc2ccc(F)cc2)ncnc1Nc1cccc2cccnc12. The fourth-order valence-electron chi connectivity index (χ4n) is 2.74. The van der Waals surface area contributed by atoms with Crippen LogP contribution in [-0.4, -0.2) is 19.9 Å². The second-order valence-corrected chi connectivity index (χ2v) is 5.81. The number of halogens is 1. The van der Waals surface area contributed by atoms with Crippen LogP contribution < -0.4 is 10.6 Å². The highest BCUT2D eigenvalue weighted by Crippen LogP contribution is 2.34. The first-order chi connectivity index (χ1) is 13.6. The van der Waals surface area contributed by atoms with Crippen LogP contribution in [0.4, 0.5) is 33.1 Å². The van der Waals surface area contributed by atoms with Gasteiger partial charge in [-0.1, -0.05) is 18.2 Å². The number of benzene rings is 2. The highest BCUT2D eigenvalue weighted by molar-refractivity contribution is 5.93. The number of nitrogens with one attached hydrogen (secondary N) is 2. The quantitative estimate of drug-likeness (QED) is 0.388. The Labute approximate surface area is 158 Å². The Balaban J connectivity index is 1.74. The van der Waals surface area contributed by atoms with Crippen LogP contribution in [0.15, 0.2) is 67.1 Å². The van der Waals surface area contributed by atoms with Crippen LogP contribution >= 0.6 is 0 Å². The van der Waals surface area contributed by atoms with Gasteiger partial charge in [0.05, 0.1) is 16.1 Å². The molecule has 0 amide bonds. The maximum atomic E-state index is 13.1. The molecule has 4 rings (SSSR count). The summed E-state index contributed by atoms with van der Waals surface area (Å²) in [5, 5.41) is 18.4. The lowest BCUT2D eigenvalue weighted by molar-refractivity contribution is -0.383. The van der Waals surface area contributed by atoms with Crippen LogP contribution in [0, 0.1) is 15.9 Å². The smallest absolute Gasteiger partial charge is 0.334 e. The predicted octanol–water partition coefficient (Wildman–Crippen LogP) is 4.56. The zero-order valence-corrected chi connectivity index (χ0v) is 14.3. The number of nitro groups is 1. The minimum Gasteiger partial charge on any atom is -0.334 e. The number of fused-ring (bicyclic) bond motifs is 1. The van der Waals surface area contributed by atoms with Crippen molar-refractivity contribution in [3.8, 4) is 0 Å². The molecule has 0 unspecified atom stereocenters. The maximum Gasteiger partial charge on any atom is 0.353 e. The second-order valence-electron chi connectivity index (χ2n) is 5.81. The lowest BCUT2D eigenvalue weighted by Gasteiger charge is -2.11. The Bertz CT molecular complexity index is 1160. The first-order valence-corrected chi connectivity index (χ1v) is 8.24. The molecule has 0 radical (unpaired) electrons. The minimum absolute atomic E-state index is 0.0118. The monoisotopic (exact) mass is 376 g/mol. The number of pyridine rings is 1. The molecule has 2 aromatic carbocycles. The van der Waals surface area contributed by atoms with Crippen molar-refractivity contribution in [1.82, 2.24) is 15.0 Å². The number of rotatable bonds is 5. The van der Waals surface area contributed by atoms with Crippen molar-refractivity contribution >= 4 is 39.6 Å². The molecule has 0 spiro atoms. The van der Waals surface area contributed by atoms with Gasteiger partial charge in [0.15, 0.2) is 0 Å². The second kappa shape index (κ2) is 7.23. The summed E-state index contributed by atoms with van der Waals surface area (Å²) in [5.41, 5.74) is 1.36. The van der Waals surface area contributed by atoms with Gasteiger partial charge in [-0.05, 0) is 36.4 Å². The zero-order valence-electron chi connectivity index (χ0n) is 14.3. The van der Waals surface area contributed by atoms with Gasteiger partial charge in [-0.2, -0.15) is 0 Å². The normalized spacial score (nSPS) is 10.6. The lowest BCUT2D eigenvalue weighted by Crippen LogP contribution is -2.06. The molecule has 4 aromatic rings. The summed E-state index contributed by atoms with van der Waals surface area (Å²) in [4.78, 5) is 23.5. The summed E-state index contributed by atoms with van der Waals surface area (Å²) < 4.78 is 13.1. The number of anilines is 4. The topological polar surface area (TPSA) is 106 Å². The largest absolute Gasteiger partial charge is 0.353 e. The fraction of sp³-hybridized carbons (Fsp3) is 0. The molecule has 28 heavy (non-hydrogen) atoms. The van der Waals surface area contributed by atoms with Gasteiger partial charge in [0.1, 0.15) is 12.1 Å². The van der Waals surface area contributed by atoms with Crippen molar-refractivity contribution in [3.05, 3.63) is 83.1 Å². The molecule has 0 fully saturated rings. The first-order valence-electron chi connectivity index (χ1n) is 8.24. The van der Waals surface area contributed by atoms with Gasteiger partial charge in [-0.15, -0.1) is 0 Å². The molecule has 0 saturated heterocycles. The van der Waals surface area contributed by atoms with Gasteiger partial charge in [0.2, 0.25) is 11.6 Å². The Morgan fingerprint density at radius 1 is 0.893 bits per heavy atom. The van der Waals surface area contributed by atoms with Crippen LogP contribution in [0.2, 0.25) is 0 Å². The molecule has 0 atom stereocenters. The van der Waals surface area contributed by atoms with Crippen molar-refractivity contribution < 1.29 is 9.31 Å². The molecule has 8 nitrogen and oxygen atoms in total. The molecular formula is C19H13FN6O2. The Morgan fingerprint density at radius 3 is 2.36 bits per heavy atom. The molecule has 0 aliphatic carbocycles. The first kappa shape index (κ1) is 17.3. The highest BCUT2D eigenvalue weighted by atomic mass is 19.1. The molecule has 0 bridgehead atoms.